The van der Waals surface area contributed by atoms with Crippen molar-refractivity contribution in [2.24, 2.45) is 28.3 Å². The summed E-state index contributed by atoms with van der Waals surface area (Å²) in [6.07, 6.45) is 8.41. The molecule has 0 aliphatic heterocycles. The highest BCUT2D eigenvalue weighted by Crippen LogP contribution is 2.62. The standard InChI is InChI=1S/C27H31ClFN3O2/c1-27-11-9-21-20-8-6-18(28)13-16(20)5-7-22(21)26(27)17(14-23(27)32-34)3-2-4-25(33)31-24-15-19(29)10-12-30-24/h6,8,10,12-13,15,17,21-22,26,34H,2-5,7,9,11,14H2,1H3,(H,30,31,33)/b32-23+/t17-,21?,22?,26?,27-/m1/s1. The van der Waals surface area contributed by atoms with Gasteiger partial charge >= 0.3 is 0 Å². The first-order valence-corrected chi connectivity index (χ1v) is 12.7. The fourth-order valence-electron chi connectivity index (χ4n) is 7.26. The zero-order chi connectivity index (χ0) is 23.9. The smallest absolute Gasteiger partial charge is 0.225 e. The Kier molecular flexibility index (Phi) is 6.36. The SMILES string of the molecule is C[C@]12CCC3c4ccc(Cl)cc4CCC3C1[C@H](CCCC(=O)Nc1cc(F)ccn1)C/C2=N\O. The minimum absolute atomic E-state index is 0.0851. The Hall–Kier alpha value is -2.47. The number of hydrogen-bond acceptors (Lipinski definition) is 4. The number of amides is 1. The number of carbonyl (C=O) groups excluding carboxylic acids is 1. The second-order valence-electron chi connectivity index (χ2n) is 10.4. The molecule has 2 aromatic rings. The highest BCUT2D eigenvalue weighted by molar-refractivity contribution is 6.30. The largest absolute Gasteiger partial charge is 0.411 e. The van der Waals surface area contributed by atoms with Crippen molar-refractivity contribution in [1.82, 2.24) is 4.98 Å². The summed E-state index contributed by atoms with van der Waals surface area (Å²) in [4.78, 5) is 16.4. The van der Waals surface area contributed by atoms with E-state index in [0.29, 0.717) is 30.1 Å². The van der Waals surface area contributed by atoms with Gasteiger partial charge in [0.05, 0.1) is 5.71 Å². The number of hydrogen-bond donors (Lipinski definition) is 2. The first-order valence-electron chi connectivity index (χ1n) is 12.3. The van der Waals surface area contributed by atoms with Crippen LogP contribution in [0.5, 0.6) is 0 Å². The van der Waals surface area contributed by atoms with Gasteiger partial charge in [-0.05, 0) is 97.9 Å². The molecule has 2 fully saturated rings. The lowest BCUT2D eigenvalue weighted by molar-refractivity contribution is -0.116. The van der Waals surface area contributed by atoms with Gasteiger partial charge in [-0.3, -0.25) is 4.79 Å². The lowest BCUT2D eigenvalue weighted by Gasteiger charge is -2.50. The van der Waals surface area contributed by atoms with Gasteiger partial charge in [0.1, 0.15) is 11.6 Å². The number of aromatic nitrogens is 1. The first-order chi connectivity index (χ1) is 16.4. The number of benzene rings is 1. The van der Waals surface area contributed by atoms with Crippen LogP contribution < -0.4 is 5.32 Å². The highest BCUT2D eigenvalue weighted by Gasteiger charge is 2.57. The van der Waals surface area contributed by atoms with Crippen LogP contribution in [0.3, 0.4) is 0 Å². The quantitative estimate of drug-likeness (QED) is 0.372. The van der Waals surface area contributed by atoms with Crippen molar-refractivity contribution in [2.45, 2.75) is 64.2 Å². The second kappa shape index (κ2) is 9.29. The van der Waals surface area contributed by atoms with Gasteiger partial charge in [-0.15, -0.1) is 0 Å². The van der Waals surface area contributed by atoms with E-state index in [9.17, 15) is 14.4 Å². The summed E-state index contributed by atoms with van der Waals surface area (Å²) >= 11 is 6.27. The van der Waals surface area contributed by atoms with E-state index in [1.807, 2.05) is 6.07 Å². The molecule has 3 unspecified atom stereocenters. The van der Waals surface area contributed by atoms with E-state index in [2.05, 4.69) is 34.5 Å². The molecular formula is C27H31ClFN3O2. The average molecular weight is 484 g/mol. The van der Waals surface area contributed by atoms with Gasteiger partial charge in [0, 0.05) is 29.1 Å². The number of fused-ring (bicyclic) bond motifs is 5. The molecule has 0 radical (unpaired) electrons. The molecule has 2 saturated carbocycles. The van der Waals surface area contributed by atoms with Crippen LogP contribution >= 0.6 is 11.6 Å². The third-order valence-corrected chi connectivity index (χ3v) is 8.89. The predicted octanol–water partition coefficient (Wildman–Crippen LogP) is 6.60. The molecule has 1 heterocycles. The number of rotatable bonds is 5. The Morgan fingerprint density at radius 3 is 2.97 bits per heavy atom. The minimum Gasteiger partial charge on any atom is -0.411 e. The lowest BCUT2D eigenvalue weighted by Crippen LogP contribution is -2.44. The van der Waals surface area contributed by atoms with E-state index in [4.69, 9.17) is 11.6 Å². The number of halogens is 2. The molecule has 0 spiro atoms. The van der Waals surface area contributed by atoms with E-state index in [0.717, 1.165) is 55.7 Å². The number of aryl methyl sites for hydroxylation is 1. The molecule has 180 valence electrons. The first kappa shape index (κ1) is 23.3. The van der Waals surface area contributed by atoms with E-state index >= 15 is 0 Å². The van der Waals surface area contributed by atoms with Gasteiger partial charge < -0.3 is 10.5 Å². The van der Waals surface area contributed by atoms with Gasteiger partial charge in [0.2, 0.25) is 5.91 Å². The van der Waals surface area contributed by atoms with E-state index in [-0.39, 0.29) is 17.1 Å². The summed E-state index contributed by atoms with van der Waals surface area (Å²) in [6, 6.07) is 8.82. The number of oxime groups is 1. The summed E-state index contributed by atoms with van der Waals surface area (Å²) in [7, 11) is 0. The maximum absolute atomic E-state index is 13.4. The maximum atomic E-state index is 13.4. The van der Waals surface area contributed by atoms with E-state index in [1.165, 1.54) is 29.5 Å². The topological polar surface area (TPSA) is 74.6 Å². The van der Waals surface area contributed by atoms with Crippen molar-refractivity contribution in [2.75, 3.05) is 5.32 Å². The van der Waals surface area contributed by atoms with Crippen LogP contribution in [0.1, 0.15) is 68.9 Å². The van der Waals surface area contributed by atoms with Gasteiger partial charge in [-0.25, -0.2) is 9.37 Å². The molecule has 1 aromatic heterocycles. The molecule has 3 aliphatic rings. The number of pyridine rings is 1. The monoisotopic (exact) mass is 483 g/mol. The molecular weight excluding hydrogens is 453 g/mol. The minimum atomic E-state index is -0.422. The van der Waals surface area contributed by atoms with E-state index < -0.39 is 5.82 Å². The third-order valence-electron chi connectivity index (χ3n) is 8.65. The fraction of sp³-hybridized carbons (Fsp3) is 0.519. The third kappa shape index (κ3) is 4.21. The van der Waals surface area contributed by atoms with Gasteiger partial charge in [-0.2, -0.15) is 0 Å². The highest BCUT2D eigenvalue weighted by atomic mass is 35.5. The molecule has 0 saturated heterocycles. The number of nitrogens with zero attached hydrogens (tertiary/aromatic N) is 2. The fourth-order valence-corrected chi connectivity index (χ4v) is 7.45. The second-order valence-corrected chi connectivity index (χ2v) is 10.9. The Morgan fingerprint density at radius 1 is 1.32 bits per heavy atom. The zero-order valence-corrected chi connectivity index (χ0v) is 20.2. The maximum Gasteiger partial charge on any atom is 0.225 e. The molecule has 2 N–H and O–H groups in total. The average Bonchev–Trinajstić information content (AvgIpc) is 3.10. The predicted molar refractivity (Wildman–Crippen MR) is 131 cm³/mol. The van der Waals surface area contributed by atoms with Crippen molar-refractivity contribution < 1.29 is 14.4 Å². The van der Waals surface area contributed by atoms with Crippen LogP contribution in [0.25, 0.3) is 0 Å². The summed E-state index contributed by atoms with van der Waals surface area (Å²) < 4.78 is 13.4. The molecule has 0 bridgehead atoms. The Balaban J connectivity index is 1.29. The summed E-state index contributed by atoms with van der Waals surface area (Å²) in [5.74, 6) is 1.55. The Morgan fingerprint density at radius 2 is 2.18 bits per heavy atom. The van der Waals surface area contributed by atoms with Gasteiger partial charge in [0.15, 0.2) is 0 Å². The number of anilines is 1. The van der Waals surface area contributed by atoms with Crippen LogP contribution in [0, 0.1) is 29.0 Å². The molecule has 1 amide bonds. The molecule has 3 aliphatic carbocycles. The van der Waals surface area contributed by atoms with Crippen molar-refractivity contribution in [3.05, 3.63) is 58.5 Å². The molecule has 5 rings (SSSR count). The molecule has 5 nitrogen and oxygen atoms in total. The molecule has 7 heteroatoms. The van der Waals surface area contributed by atoms with Crippen LogP contribution in [0.15, 0.2) is 41.7 Å². The molecule has 1 aromatic carbocycles. The summed E-state index contributed by atoms with van der Waals surface area (Å²) in [5, 5.41) is 17.1. The van der Waals surface area contributed by atoms with Crippen molar-refractivity contribution in [3.63, 3.8) is 0 Å². The van der Waals surface area contributed by atoms with E-state index in [1.54, 1.807) is 0 Å². The van der Waals surface area contributed by atoms with Gasteiger partial charge in [0.25, 0.3) is 0 Å². The molecule has 34 heavy (non-hydrogen) atoms. The summed E-state index contributed by atoms with van der Waals surface area (Å²) in [6.45, 7) is 2.28. The normalized spacial score (nSPS) is 31.0. The van der Waals surface area contributed by atoms with Crippen LogP contribution in [0.2, 0.25) is 5.02 Å². The van der Waals surface area contributed by atoms with Crippen LogP contribution in [-0.2, 0) is 11.2 Å². The van der Waals surface area contributed by atoms with Crippen LogP contribution in [-0.4, -0.2) is 21.8 Å². The Bertz CT molecular complexity index is 1120. The lowest BCUT2D eigenvalue weighted by atomic mass is 9.54. The van der Waals surface area contributed by atoms with Gasteiger partial charge in [-0.1, -0.05) is 29.7 Å². The van der Waals surface area contributed by atoms with Crippen LogP contribution in [0.4, 0.5) is 10.2 Å². The van der Waals surface area contributed by atoms with Crippen molar-refractivity contribution >= 4 is 29.0 Å². The van der Waals surface area contributed by atoms with Crippen molar-refractivity contribution in [1.29, 1.82) is 0 Å². The zero-order valence-electron chi connectivity index (χ0n) is 19.4. The number of carbonyl (C=O) groups is 1. The Labute approximate surface area is 204 Å². The molecule has 5 atom stereocenters. The summed E-state index contributed by atoms with van der Waals surface area (Å²) in [5.41, 5.74) is 3.66. The number of nitrogens with one attached hydrogen (secondary N) is 1. The van der Waals surface area contributed by atoms with Crippen molar-refractivity contribution in [3.8, 4) is 0 Å².